The average Bonchev–Trinajstić information content (AvgIpc) is 2.33. The lowest BCUT2D eigenvalue weighted by molar-refractivity contribution is 0.0103. The first-order valence-corrected chi connectivity index (χ1v) is 6.60. The van der Waals surface area contributed by atoms with E-state index in [0.29, 0.717) is 0 Å². The van der Waals surface area contributed by atoms with Gasteiger partial charge in [-0.1, -0.05) is 30.7 Å². The lowest BCUT2D eigenvalue weighted by Crippen LogP contribution is -2.52. The molecule has 2 unspecified atom stereocenters. The summed E-state index contributed by atoms with van der Waals surface area (Å²) >= 11 is 0. The first-order chi connectivity index (χ1) is 8.09. The van der Waals surface area contributed by atoms with Gasteiger partial charge in [-0.3, -0.25) is 0 Å². The standard InChI is InChI=1S/C15H23NO/c1-12-7-3-4-8-13(12)11-15(2,17)14-9-5-6-10-16-14/h3-4,7-8,14,16-17H,5-6,9-11H2,1-2H3. The highest BCUT2D eigenvalue weighted by Crippen LogP contribution is 2.24. The Morgan fingerprint density at radius 3 is 2.76 bits per heavy atom. The molecule has 0 radical (unpaired) electrons. The maximum absolute atomic E-state index is 10.7. The highest BCUT2D eigenvalue weighted by Gasteiger charge is 2.32. The van der Waals surface area contributed by atoms with Gasteiger partial charge in [0.15, 0.2) is 0 Å². The molecule has 1 aromatic rings. The Bertz CT molecular complexity index is 367. The van der Waals surface area contributed by atoms with Crippen molar-refractivity contribution in [3.8, 4) is 0 Å². The number of aryl methyl sites for hydroxylation is 1. The van der Waals surface area contributed by atoms with Crippen LogP contribution in [0.15, 0.2) is 24.3 Å². The number of hydrogen-bond acceptors (Lipinski definition) is 2. The van der Waals surface area contributed by atoms with Gasteiger partial charge >= 0.3 is 0 Å². The van der Waals surface area contributed by atoms with Crippen LogP contribution in [0.5, 0.6) is 0 Å². The van der Waals surface area contributed by atoms with E-state index in [2.05, 4.69) is 24.4 Å². The van der Waals surface area contributed by atoms with Crippen LogP contribution in [0.2, 0.25) is 0 Å². The van der Waals surface area contributed by atoms with Crippen molar-refractivity contribution in [1.29, 1.82) is 0 Å². The molecule has 2 heteroatoms. The second-order valence-electron chi connectivity index (χ2n) is 5.46. The zero-order valence-corrected chi connectivity index (χ0v) is 10.9. The Kier molecular flexibility index (Phi) is 3.85. The third-order valence-corrected chi connectivity index (χ3v) is 3.87. The van der Waals surface area contributed by atoms with Crippen molar-refractivity contribution in [2.75, 3.05) is 6.54 Å². The SMILES string of the molecule is Cc1ccccc1CC(C)(O)C1CCCCN1. The van der Waals surface area contributed by atoms with Crippen molar-refractivity contribution >= 4 is 0 Å². The molecule has 1 saturated heterocycles. The predicted octanol–water partition coefficient (Wildman–Crippen LogP) is 2.43. The predicted molar refractivity (Wildman–Crippen MR) is 71.1 cm³/mol. The molecule has 17 heavy (non-hydrogen) atoms. The summed E-state index contributed by atoms with van der Waals surface area (Å²) < 4.78 is 0. The van der Waals surface area contributed by atoms with E-state index >= 15 is 0 Å². The van der Waals surface area contributed by atoms with Gasteiger partial charge in [0.05, 0.1) is 5.60 Å². The van der Waals surface area contributed by atoms with Crippen LogP contribution < -0.4 is 5.32 Å². The summed E-state index contributed by atoms with van der Waals surface area (Å²) in [4.78, 5) is 0. The third-order valence-electron chi connectivity index (χ3n) is 3.87. The molecule has 0 aromatic heterocycles. The topological polar surface area (TPSA) is 32.3 Å². The van der Waals surface area contributed by atoms with Gasteiger partial charge in [0.1, 0.15) is 0 Å². The number of hydrogen-bond donors (Lipinski definition) is 2. The number of aliphatic hydroxyl groups is 1. The Labute approximate surface area is 104 Å². The van der Waals surface area contributed by atoms with Crippen LogP contribution in [0.25, 0.3) is 0 Å². The maximum atomic E-state index is 10.7. The molecule has 1 fully saturated rings. The summed E-state index contributed by atoms with van der Waals surface area (Å²) in [6.45, 7) is 5.11. The molecular formula is C15H23NO. The summed E-state index contributed by atoms with van der Waals surface area (Å²) in [5.74, 6) is 0. The van der Waals surface area contributed by atoms with E-state index in [-0.39, 0.29) is 6.04 Å². The zero-order valence-electron chi connectivity index (χ0n) is 10.9. The van der Waals surface area contributed by atoms with Crippen molar-refractivity contribution in [3.05, 3.63) is 35.4 Å². The van der Waals surface area contributed by atoms with Crippen molar-refractivity contribution in [1.82, 2.24) is 5.32 Å². The molecule has 0 bridgehead atoms. The lowest BCUT2D eigenvalue weighted by Gasteiger charge is -2.36. The maximum Gasteiger partial charge on any atom is 0.0812 e. The molecule has 1 aromatic carbocycles. The van der Waals surface area contributed by atoms with Crippen LogP contribution >= 0.6 is 0 Å². The minimum absolute atomic E-state index is 0.232. The summed E-state index contributed by atoms with van der Waals surface area (Å²) in [7, 11) is 0. The molecule has 2 atom stereocenters. The molecule has 0 aliphatic carbocycles. The molecule has 2 N–H and O–H groups in total. The van der Waals surface area contributed by atoms with Crippen molar-refractivity contribution in [2.24, 2.45) is 0 Å². The molecular weight excluding hydrogens is 210 g/mol. The molecule has 2 nitrogen and oxygen atoms in total. The van der Waals surface area contributed by atoms with Crippen LogP contribution in [0.3, 0.4) is 0 Å². The van der Waals surface area contributed by atoms with Gasteiger partial charge < -0.3 is 10.4 Å². The van der Waals surface area contributed by atoms with Crippen LogP contribution in [-0.2, 0) is 6.42 Å². The Morgan fingerprint density at radius 1 is 1.35 bits per heavy atom. The Hall–Kier alpha value is -0.860. The Morgan fingerprint density at radius 2 is 2.12 bits per heavy atom. The number of piperidine rings is 1. The van der Waals surface area contributed by atoms with Crippen molar-refractivity contribution in [3.63, 3.8) is 0 Å². The molecule has 1 heterocycles. The quantitative estimate of drug-likeness (QED) is 0.840. The molecule has 1 aliphatic rings. The molecule has 94 valence electrons. The third kappa shape index (κ3) is 3.08. The summed E-state index contributed by atoms with van der Waals surface area (Å²) in [5.41, 5.74) is 1.88. The average molecular weight is 233 g/mol. The first kappa shape index (κ1) is 12.6. The monoisotopic (exact) mass is 233 g/mol. The molecule has 0 saturated carbocycles. The van der Waals surface area contributed by atoms with E-state index in [9.17, 15) is 5.11 Å². The van der Waals surface area contributed by atoms with Gasteiger partial charge in [-0.15, -0.1) is 0 Å². The fraction of sp³-hybridized carbons (Fsp3) is 0.600. The second kappa shape index (κ2) is 5.19. The van der Waals surface area contributed by atoms with Crippen molar-refractivity contribution in [2.45, 2.75) is 51.2 Å². The number of benzene rings is 1. The van der Waals surface area contributed by atoms with Crippen LogP contribution in [0.1, 0.15) is 37.3 Å². The molecule has 0 spiro atoms. The van der Waals surface area contributed by atoms with Crippen LogP contribution in [0, 0.1) is 6.92 Å². The van der Waals surface area contributed by atoms with E-state index < -0.39 is 5.60 Å². The van der Waals surface area contributed by atoms with Gasteiger partial charge in [0.2, 0.25) is 0 Å². The van der Waals surface area contributed by atoms with E-state index in [1.807, 2.05) is 19.1 Å². The molecule has 2 rings (SSSR count). The number of rotatable bonds is 3. The fourth-order valence-corrected chi connectivity index (χ4v) is 2.70. The van der Waals surface area contributed by atoms with E-state index in [4.69, 9.17) is 0 Å². The lowest BCUT2D eigenvalue weighted by atomic mass is 9.83. The van der Waals surface area contributed by atoms with Gasteiger partial charge in [0, 0.05) is 12.5 Å². The summed E-state index contributed by atoms with van der Waals surface area (Å²) in [6.07, 6.45) is 4.27. The van der Waals surface area contributed by atoms with Gasteiger partial charge in [0.25, 0.3) is 0 Å². The normalized spacial score (nSPS) is 24.3. The highest BCUT2D eigenvalue weighted by atomic mass is 16.3. The zero-order chi connectivity index (χ0) is 12.3. The molecule has 1 aliphatic heterocycles. The van der Waals surface area contributed by atoms with Crippen LogP contribution in [-0.4, -0.2) is 23.3 Å². The van der Waals surface area contributed by atoms with Crippen molar-refractivity contribution < 1.29 is 5.11 Å². The minimum Gasteiger partial charge on any atom is -0.388 e. The van der Waals surface area contributed by atoms with E-state index in [1.54, 1.807) is 0 Å². The fourth-order valence-electron chi connectivity index (χ4n) is 2.70. The van der Waals surface area contributed by atoms with Gasteiger partial charge in [-0.05, 0) is 44.4 Å². The highest BCUT2D eigenvalue weighted by molar-refractivity contribution is 5.27. The molecule has 0 amide bonds. The smallest absolute Gasteiger partial charge is 0.0812 e. The van der Waals surface area contributed by atoms with Gasteiger partial charge in [-0.25, -0.2) is 0 Å². The minimum atomic E-state index is -0.646. The van der Waals surface area contributed by atoms with Gasteiger partial charge in [-0.2, -0.15) is 0 Å². The van der Waals surface area contributed by atoms with E-state index in [1.165, 1.54) is 24.0 Å². The Balaban J connectivity index is 2.08. The summed E-state index contributed by atoms with van der Waals surface area (Å²) in [5, 5.41) is 14.1. The second-order valence-corrected chi connectivity index (χ2v) is 5.46. The first-order valence-electron chi connectivity index (χ1n) is 6.60. The van der Waals surface area contributed by atoms with Crippen LogP contribution in [0.4, 0.5) is 0 Å². The largest absolute Gasteiger partial charge is 0.388 e. The summed E-state index contributed by atoms with van der Waals surface area (Å²) in [6, 6.07) is 8.56. The van der Waals surface area contributed by atoms with E-state index in [0.717, 1.165) is 19.4 Å². The number of nitrogens with one attached hydrogen (secondary N) is 1.